The van der Waals surface area contributed by atoms with Gasteiger partial charge in [0, 0.05) is 0 Å². The van der Waals surface area contributed by atoms with Crippen LogP contribution in [-0.2, 0) is 0 Å². The van der Waals surface area contributed by atoms with E-state index in [-0.39, 0.29) is 4.70 Å². The van der Waals surface area contributed by atoms with Crippen LogP contribution in [0.3, 0.4) is 0 Å². The van der Waals surface area contributed by atoms with Gasteiger partial charge in [-0.05, 0) is 7.05 Å². The lowest BCUT2D eigenvalue weighted by Gasteiger charge is -1.90. The SMILES string of the molecule is CCCCCCC.CN.F. The van der Waals surface area contributed by atoms with Gasteiger partial charge in [0.15, 0.2) is 0 Å². The van der Waals surface area contributed by atoms with Crippen LogP contribution in [0.2, 0.25) is 0 Å². The van der Waals surface area contributed by atoms with Crippen molar-refractivity contribution in [2.24, 2.45) is 5.73 Å². The molecule has 66 valence electrons. The summed E-state index contributed by atoms with van der Waals surface area (Å²) in [5, 5.41) is 0. The van der Waals surface area contributed by atoms with Crippen LogP contribution in [0.1, 0.15) is 46.0 Å². The van der Waals surface area contributed by atoms with Crippen molar-refractivity contribution in [3.8, 4) is 0 Å². The van der Waals surface area contributed by atoms with Crippen molar-refractivity contribution in [2.75, 3.05) is 7.05 Å². The minimum Gasteiger partial charge on any atom is -0.333 e. The van der Waals surface area contributed by atoms with E-state index in [0.717, 1.165) is 0 Å². The molecule has 10 heavy (non-hydrogen) atoms. The highest BCUT2D eigenvalue weighted by Crippen LogP contribution is 2.00. The molecule has 1 nitrogen and oxygen atoms in total. The summed E-state index contributed by atoms with van der Waals surface area (Å²) < 4.78 is 0. The van der Waals surface area contributed by atoms with Crippen LogP contribution in [0.4, 0.5) is 4.70 Å². The second-order valence-corrected chi connectivity index (χ2v) is 2.06. The summed E-state index contributed by atoms with van der Waals surface area (Å²) in [5.74, 6) is 0. The van der Waals surface area contributed by atoms with Gasteiger partial charge in [-0.25, -0.2) is 0 Å². The molecule has 2 N–H and O–H groups in total. The quantitative estimate of drug-likeness (QED) is 0.614. The molecule has 0 rings (SSSR count). The Labute approximate surface area is 64.4 Å². The minimum absolute atomic E-state index is 0. The van der Waals surface area contributed by atoms with E-state index >= 15 is 0 Å². The Morgan fingerprint density at radius 2 is 1.10 bits per heavy atom. The standard InChI is InChI=1S/C7H16.CH5N.FH/c1-3-5-7-6-4-2;1-2;/h3-7H2,1-2H3;2H2,1H3;1H. The topological polar surface area (TPSA) is 26.0 Å². The molecule has 2 heteroatoms. The zero-order chi connectivity index (χ0) is 7.54. The number of halogens is 1. The van der Waals surface area contributed by atoms with Gasteiger partial charge < -0.3 is 5.73 Å². The molecule has 0 unspecified atom stereocenters. The maximum Gasteiger partial charge on any atom is -0.0195 e. The monoisotopic (exact) mass is 151 g/mol. The Kier molecular flexibility index (Phi) is 38.1. The van der Waals surface area contributed by atoms with Crippen LogP contribution in [0.5, 0.6) is 0 Å². The summed E-state index contributed by atoms with van der Waals surface area (Å²) in [4.78, 5) is 0. The predicted molar refractivity (Wildman–Crippen MR) is 47.0 cm³/mol. The van der Waals surface area contributed by atoms with E-state index in [2.05, 4.69) is 19.6 Å². The van der Waals surface area contributed by atoms with E-state index in [1.54, 1.807) is 0 Å². The molecule has 0 aromatic heterocycles. The van der Waals surface area contributed by atoms with Crippen molar-refractivity contribution in [3.05, 3.63) is 0 Å². The Bertz CT molecular complexity index is 28.4. The van der Waals surface area contributed by atoms with E-state index in [1.807, 2.05) is 0 Å². The van der Waals surface area contributed by atoms with E-state index in [4.69, 9.17) is 0 Å². The zero-order valence-corrected chi connectivity index (χ0v) is 7.52. The second-order valence-electron chi connectivity index (χ2n) is 2.06. The van der Waals surface area contributed by atoms with Gasteiger partial charge >= 0.3 is 0 Å². The van der Waals surface area contributed by atoms with E-state index in [9.17, 15) is 0 Å². The zero-order valence-electron chi connectivity index (χ0n) is 7.52. The summed E-state index contributed by atoms with van der Waals surface area (Å²) in [6.45, 7) is 4.49. The highest BCUT2D eigenvalue weighted by Gasteiger charge is 1.80. The highest BCUT2D eigenvalue weighted by atomic mass is 19.0. The molecule has 0 saturated carbocycles. The Morgan fingerprint density at radius 1 is 0.800 bits per heavy atom. The first kappa shape index (κ1) is 16.5. The molecule has 0 aliphatic rings. The average molecular weight is 151 g/mol. The highest BCUT2D eigenvalue weighted by molar-refractivity contribution is 4.35. The van der Waals surface area contributed by atoms with Gasteiger partial charge in [0.1, 0.15) is 0 Å². The molecular formula is C8H22FN. The fourth-order valence-corrected chi connectivity index (χ4v) is 0.677. The Balaban J connectivity index is -0.000000149. The number of unbranched alkanes of at least 4 members (excludes halogenated alkanes) is 4. The normalized spacial score (nSPS) is 7.20. The number of nitrogens with two attached hydrogens (primary N) is 1. The Morgan fingerprint density at radius 3 is 1.30 bits per heavy atom. The largest absolute Gasteiger partial charge is 0.333 e. The first-order chi connectivity index (χ1) is 4.41. The van der Waals surface area contributed by atoms with Crippen LogP contribution in [-0.4, -0.2) is 7.05 Å². The molecule has 0 atom stereocenters. The molecule has 0 aromatic carbocycles. The number of hydrogen-bond donors (Lipinski definition) is 1. The molecule has 0 aliphatic carbocycles. The fraction of sp³-hybridized carbons (Fsp3) is 1.00. The van der Waals surface area contributed by atoms with Crippen molar-refractivity contribution in [2.45, 2.75) is 46.0 Å². The molecule has 0 aromatic rings. The van der Waals surface area contributed by atoms with Crippen LogP contribution < -0.4 is 5.73 Å². The molecular weight excluding hydrogens is 129 g/mol. The molecule has 0 bridgehead atoms. The van der Waals surface area contributed by atoms with Crippen LogP contribution in [0.15, 0.2) is 0 Å². The molecule has 0 heterocycles. The summed E-state index contributed by atoms with van der Waals surface area (Å²) in [6.07, 6.45) is 7.01. The third-order valence-electron chi connectivity index (χ3n) is 1.21. The summed E-state index contributed by atoms with van der Waals surface area (Å²) in [6, 6.07) is 0. The third kappa shape index (κ3) is 24.8. The minimum atomic E-state index is 0. The third-order valence-corrected chi connectivity index (χ3v) is 1.21. The van der Waals surface area contributed by atoms with Crippen LogP contribution in [0, 0.1) is 0 Å². The maximum absolute atomic E-state index is 4.50. The first-order valence-corrected chi connectivity index (χ1v) is 3.99. The summed E-state index contributed by atoms with van der Waals surface area (Å²) in [7, 11) is 1.50. The lowest BCUT2D eigenvalue weighted by molar-refractivity contribution is 0.656. The lowest BCUT2D eigenvalue weighted by Crippen LogP contribution is -1.70. The average Bonchev–Trinajstić information content (AvgIpc) is 1.94. The van der Waals surface area contributed by atoms with Gasteiger partial charge in [0.25, 0.3) is 0 Å². The van der Waals surface area contributed by atoms with Crippen molar-refractivity contribution in [1.82, 2.24) is 0 Å². The van der Waals surface area contributed by atoms with Crippen molar-refractivity contribution in [3.63, 3.8) is 0 Å². The van der Waals surface area contributed by atoms with Gasteiger partial charge in [-0.15, -0.1) is 0 Å². The predicted octanol–water partition coefficient (Wildman–Crippen LogP) is 2.70. The van der Waals surface area contributed by atoms with Gasteiger partial charge in [-0.1, -0.05) is 46.0 Å². The molecule has 0 fully saturated rings. The number of rotatable bonds is 4. The van der Waals surface area contributed by atoms with E-state index in [1.165, 1.54) is 39.2 Å². The summed E-state index contributed by atoms with van der Waals surface area (Å²) >= 11 is 0. The lowest BCUT2D eigenvalue weighted by atomic mass is 10.2. The maximum atomic E-state index is 4.50. The van der Waals surface area contributed by atoms with Gasteiger partial charge in [-0.3, -0.25) is 4.70 Å². The first-order valence-electron chi connectivity index (χ1n) is 3.99. The van der Waals surface area contributed by atoms with E-state index < -0.39 is 0 Å². The molecule has 0 saturated heterocycles. The van der Waals surface area contributed by atoms with E-state index in [0.29, 0.717) is 0 Å². The van der Waals surface area contributed by atoms with Gasteiger partial charge in [0.05, 0.1) is 0 Å². The molecule has 0 aliphatic heterocycles. The van der Waals surface area contributed by atoms with Crippen molar-refractivity contribution in [1.29, 1.82) is 0 Å². The van der Waals surface area contributed by atoms with Crippen molar-refractivity contribution >= 4 is 0 Å². The van der Waals surface area contributed by atoms with Gasteiger partial charge in [0.2, 0.25) is 0 Å². The fourth-order valence-electron chi connectivity index (χ4n) is 0.677. The molecule has 0 spiro atoms. The number of hydrogen-bond acceptors (Lipinski definition) is 1. The molecule has 0 amide bonds. The molecule has 0 radical (unpaired) electrons. The van der Waals surface area contributed by atoms with Gasteiger partial charge in [-0.2, -0.15) is 0 Å². The van der Waals surface area contributed by atoms with Crippen LogP contribution in [0.25, 0.3) is 0 Å². The summed E-state index contributed by atoms with van der Waals surface area (Å²) in [5.41, 5.74) is 4.50. The smallest absolute Gasteiger partial charge is 0.0195 e. The Hall–Kier alpha value is -0.110. The van der Waals surface area contributed by atoms with Crippen LogP contribution >= 0.6 is 0 Å². The second kappa shape index (κ2) is 23.1. The van der Waals surface area contributed by atoms with Crippen molar-refractivity contribution < 1.29 is 4.70 Å².